The van der Waals surface area contributed by atoms with Crippen LogP contribution >= 0.6 is 0 Å². The van der Waals surface area contributed by atoms with Crippen molar-refractivity contribution in [2.75, 3.05) is 5.32 Å². The van der Waals surface area contributed by atoms with E-state index in [1.165, 1.54) is 0 Å². The fourth-order valence-electron chi connectivity index (χ4n) is 2.56. The number of hydrogen-bond acceptors (Lipinski definition) is 3. The summed E-state index contributed by atoms with van der Waals surface area (Å²) in [4.78, 5) is 12.1. The highest BCUT2D eigenvalue weighted by molar-refractivity contribution is 5.91. The van der Waals surface area contributed by atoms with Crippen LogP contribution in [-0.2, 0) is 15.6 Å². The van der Waals surface area contributed by atoms with Crippen LogP contribution in [-0.4, -0.2) is 11.0 Å². The molecule has 1 aromatic carbocycles. The molecule has 0 unspecified atom stereocenters. The molecular formula is C20H30N2O2. The van der Waals surface area contributed by atoms with Gasteiger partial charge in [0.2, 0.25) is 5.91 Å². The lowest BCUT2D eigenvalue weighted by atomic mass is 9.79. The summed E-state index contributed by atoms with van der Waals surface area (Å²) in [7, 11) is 0. The molecule has 0 aliphatic heterocycles. The van der Waals surface area contributed by atoms with Crippen LogP contribution in [0.1, 0.15) is 78.4 Å². The monoisotopic (exact) mass is 330 g/mol. The highest BCUT2D eigenvalue weighted by Gasteiger charge is 2.26. The van der Waals surface area contributed by atoms with Gasteiger partial charge in [0.15, 0.2) is 0 Å². The van der Waals surface area contributed by atoms with E-state index in [9.17, 15) is 9.90 Å². The summed E-state index contributed by atoms with van der Waals surface area (Å²) >= 11 is 0. The highest BCUT2D eigenvalue weighted by atomic mass is 16.3. The summed E-state index contributed by atoms with van der Waals surface area (Å²) in [6.07, 6.45) is 2.32. The van der Waals surface area contributed by atoms with Crippen LogP contribution in [0.25, 0.3) is 0 Å². The van der Waals surface area contributed by atoms with Gasteiger partial charge in [-0.3, -0.25) is 4.79 Å². The van der Waals surface area contributed by atoms with Crippen molar-refractivity contribution in [1.29, 1.82) is 5.26 Å². The molecule has 0 saturated heterocycles. The fourth-order valence-corrected chi connectivity index (χ4v) is 2.56. The number of nitrogens with one attached hydrogen (secondary N) is 1. The normalized spacial score (nSPS) is 11.9. The topological polar surface area (TPSA) is 73.1 Å². The number of carbonyl (C=O) groups excluding carboxylic acids is 1. The largest absolute Gasteiger partial charge is 0.507 e. The SMILES string of the molecule is CC(C)(C)c1cc(NC(=O)CCCCC#N)cc(C(C)(C)C)c1O. The number of phenolic OH excluding ortho intramolecular Hbond substituents is 1. The molecule has 1 aromatic rings. The second kappa shape index (κ2) is 7.70. The van der Waals surface area contributed by atoms with Crippen molar-refractivity contribution in [2.24, 2.45) is 0 Å². The number of nitrogens with zero attached hydrogens (tertiary/aromatic N) is 1. The Balaban J connectivity index is 3.07. The molecule has 0 atom stereocenters. The van der Waals surface area contributed by atoms with Gasteiger partial charge in [0.05, 0.1) is 6.07 Å². The van der Waals surface area contributed by atoms with Gasteiger partial charge in [-0.2, -0.15) is 5.26 Å². The molecule has 132 valence electrons. The van der Waals surface area contributed by atoms with Crippen molar-refractivity contribution in [1.82, 2.24) is 0 Å². The third-order valence-corrected chi connectivity index (χ3v) is 3.95. The molecule has 0 fully saturated rings. The van der Waals surface area contributed by atoms with Gasteiger partial charge in [-0.1, -0.05) is 41.5 Å². The van der Waals surface area contributed by atoms with Crippen LogP contribution in [0.15, 0.2) is 12.1 Å². The van der Waals surface area contributed by atoms with Crippen LogP contribution in [0.2, 0.25) is 0 Å². The van der Waals surface area contributed by atoms with Crippen LogP contribution in [0, 0.1) is 11.3 Å². The van der Waals surface area contributed by atoms with Crippen molar-refractivity contribution in [3.8, 4) is 11.8 Å². The first kappa shape index (κ1) is 20.0. The molecule has 1 amide bonds. The lowest BCUT2D eigenvalue weighted by molar-refractivity contribution is -0.116. The number of hydrogen-bond donors (Lipinski definition) is 2. The first-order chi connectivity index (χ1) is 11.0. The minimum Gasteiger partial charge on any atom is -0.507 e. The summed E-state index contributed by atoms with van der Waals surface area (Å²) in [5.41, 5.74) is 1.92. The Hall–Kier alpha value is -2.02. The van der Waals surface area contributed by atoms with Crippen molar-refractivity contribution in [3.63, 3.8) is 0 Å². The molecule has 0 aliphatic rings. The number of aromatic hydroxyl groups is 1. The van der Waals surface area contributed by atoms with Crippen molar-refractivity contribution in [2.45, 2.75) is 78.1 Å². The highest BCUT2D eigenvalue weighted by Crippen LogP contribution is 2.41. The quantitative estimate of drug-likeness (QED) is 0.589. The van der Waals surface area contributed by atoms with Crippen molar-refractivity contribution >= 4 is 11.6 Å². The summed E-state index contributed by atoms with van der Waals surface area (Å²) in [5, 5.41) is 22.1. The maximum Gasteiger partial charge on any atom is 0.224 e. The van der Waals surface area contributed by atoms with E-state index < -0.39 is 0 Å². The predicted octanol–water partition coefficient (Wildman–Crippen LogP) is 5.01. The van der Waals surface area contributed by atoms with E-state index in [2.05, 4.69) is 11.4 Å². The van der Waals surface area contributed by atoms with Gasteiger partial charge in [-0.05, 0) is 35.8 Å². The zero-order valence-electron chi connectivity index (χ0n) is 15.8. The van der Waals surface area contributed by atoms with Gasteiger partial charge >= 0.3 is 0 Å². The van der Waals surface area contributed by atoms with E-state index in [1.807, 2.05) is 53.7 Å². The maximum atomic E-state index is 12.1. The number of unbranched alkanes of at least 4 members (excludes halogenated alkanes) is 2. The molecule has 0 radical (unpaired) electrons. The van der Waals surface area contributed by atoms with Crippen molar-refractivity contribution < 1.29 is 9.90 Å². The Labute approximate surface area is 145 Å². The average molecular weight is 330 g/mol. The predicted molar refractivity (Wildman–Crippen MR) is 98.2 cm³/mol. The van der Waals surface area contributed by atoms with E-state index in [0.29, 0.717) is 30.7 Å². The van der Waals surface area contributed by atoms with E-state index in [0.717, 1.165) is 17.5 Å². The fraction of sp³-hybridized carbons (Fsp3) is 0.600. The summed E-state index contributed by atoms with van der Waals surface area (Å²) in [6.45, 7) is 12.3. The van der Waals surface area contributed by atoms with E-state index >= 15 is 0 Å². The Kier molecular flexibility index (Phi) is 6.42. The molecule has 0 aromatic heterocycles. The standard InChI is InChI=1S/C20H30N2O2/c1-19(2,3)15-12-14(13-16(18(15)24)20(4,5)6)22-17(23)10-8-7-9-11-21/h12-13,24H,7-10H2,1-6H3,(H,22,23). The van der Waals surface area contributed by atoms with Gasteiger partial charge in [-0.25, -0.2) is 0 Å². The number of nitriles is 1. The molecule has 2 N–H and O–H groups in total. The summed E-state index contributed by atoms with van der Waals surface area (Å²) in [5.74, 6) is 0.250. The number of amides is 1. The van der Waals surface area contributed by atoms with E-state index in [1.54, 1.807) is 0 Å². The molecule has 4 heteroatoms. The minimum absolute atomic E-state index is 0.0571. The van der Waals surface area contributed by atoms with Gasteiger partial charge in [-0.15, -0.1) is 0 Å². The zero-order valence-corrected chi connectivity index (χ0v) is 15.8. The third kappa shape index (κ3) is 5.56. The Morgan fingerprint density at radius 2 is 1.58 bits per heavy atom. The number of benzene rings is 1. The van der Waals surface area contributed by atoms with Gasteiger partial charge in [0, 0.05) is 29.7 Å². The Morgan fingerprint density at radius 3 is 2.00 bits per heavy atom. The van der Waals surface area contributed by atoms with E-state index in [-0.39, 0.29) is 16.7 Å². The van der Waals surface area contributed by atoms with Crippen LogP contribution < -0.4 is 5.32 Å². The molecule has 0 spiro atoms. The lowest BCUT2D eigenvalue weighted by Crippen LogP contribution is -2.19. The second-order valence-electron chi connectivity index (χ2n) is 8.33. The third-order valence-electron chi connectivity index (χ3n) is 3.95. The molecule has 0 heterocycles. The molecule has 1 rings (SSSR count). The number of phenols is 1. The number of anilines is 1. The second-order valence-corrected chi connectivity index (χ2v) is 8.33. The van der Waals surface area contributed by atoms with Crippen LogP contribution in [0.5, 0.6) is 5.75 Å². The van der Waals surface area contributed by atoms with Gasteiger partial charge in [0.25, 0.3) is 0 Å². The van der Waals surface area contributed by atoms with Gasteiger partial charge in [0.1, 0.15) is 5.75 Å². The van der Waals surface area contributed by atoms with Crippen LogP contribution in [0.4, 0.5) is 5.69 Å². The smallest absolute Gasteiger partial charge is 0.224 e. The molecule has 0 bridgehead atoms. The molecule has 0 aliphatic carbocycles. The maximum absolute atomic E-state index is 12.1. The Morgan fingerprint density at radius 1 is 1.08 bits per heavy atom. The summed E-state index contributed by atoms with van der Waals surface area (Å²) < 4.78 is 0. The minimum atomic E-state index is -0.225. The zero-order chi connectivity index (χ0) is 18.5. The van der Waals surface area contributed by atoms with E-state index in [4.69, 9.17) is 5.26 Å². The van der Waals surface area contributed by atoms with Crippen molar-refractivity contribution in [3.05, 3.63) is 23.3 Å². The first-order valence-electron chi connectivity index (χ1n) is 8.51. The Bertz CT molecular complexity index is 594. The lowest BCUT2D eigenvalue weighted by Gasteiger charge is -2.28. The van der Waals surface area contributed by atoms with Crippen LogP contribution in [0.3, 0.4) is 0 Å². The first-order valence-corrected chi connectivity index (χ1v) is 8.51. The molecular weight excluding hydrogens is 300 g/mol. The molecule has 4 nitrogen and oxygen atoms in total. The summed E-state index contributed by atoms with van der Waals surface area (Å²) in [6, 6.07) is 5.80. The number of carbonyl (C=O) groups is 1. The molecule has 0 saturated carbocycles. The van der Waals surface area contributed by atoms with Gasteiger partial charge < -0.3 is 10.4 Å². The number of rotatable bonds is 5. The molecule has 24 heavy (non-hydrogen) atoms. The average Bonchev–Trinajstić information content (AvgIpc) is 2.43.